The molecule has 0 radical (unpaired) electrons. The predicted molar refractivity (Wildman–Crippen MR) is 53.1 cm³/mol. The van der Waals surface area contributed by atoms with Gasteiger partial charge in [0.1, 0.15) is 0 Å². The van der Waals surface area contributed by atoms with Gasteiger partial charge in [-0.1, -0.05) is 23.7 Å². The van der Waals surface area contributed by atoms with Crippen LogP contribution in [-0.4, -0.2) is 17.2 Å². The van der Waals surface area contributed by atoms with E-state index in [0.717, 1.165) is 5.56 Å². The summed E-state index contributed by atoms with van der Waals surface area (Å²) in [4.78, 5) is 10.9. The molecule has 0 aliphatic rings. The predicted octanol–water partition coefficient (Wildman–Crippen LogP) is 0.715. The number of carbonyl (C=O) groups excluding carboxylic acids is 1. The van der Waals surface area contributed by atoms with Crippen LogP contribution in [0.5, 0.6) is 0 Å². The number of nitrogens with one attached hydrogen (secondary N) is 1. The first-order valence-corrected chi connectivity index (χ1v) is 4.45. The van der Waals surface area contributed by atoms with E-state index in [-0.39, 0.29) is 0 Å². The van der Waals surface area contributed by atoms with Gasteiger partial charge >= 0.3 is 0 Å². The van der Waals surface area contributed by atoms with E-state index >= 15 is 0 Å². The standard InChI is InChI=1S/C9H11ClN2O2/c10-7-3-1-6(2-4-7)5-8(11)9(13)12-14/h1-4,8,14H,5,11H2,(H,12,13)/t8-/m0/s1. The molecule has 14 heavy (non-hydrogen) atoms. The van der Waals surface area contributed by atoms with Crippen molar-refractivity contribution >= 4 is 17.5 Å². The number of hydrogen-bond donors (Lipinski definition) is 3. The molecule has 1 aromatic rings. The smallest absolute Gasteiger partial charge is 0.260 e. The number of hydroxylamine groups is 1. The Labute approximate surface area is 86.6 Å². The summed E-state index contributed by atoms with van der Waals surface area (Å²) < 4.78 is 0. The molecule has 0 spiro atoms. The summed E-state index contributed by atoms with van der Waals surface area (Å²) in [6, 6.07) is 6.27. The summed E-state index contributed by atoms with van der Waals surface area (Å²) in [6.45, 7) is 0. The molecule has 0 aromatic heterocycles. The second-order valence-corrected chi connectivity index (χ2v) is 3.35. The minimum atomic E-state index is -0.749. The number of rotatable bonds is 3. The van der Waals surface area contributed by atoms with Crippen molar-refractivity contribution in [3.05, 3.63) is 34.9 Å². The zero-order valence-corrected chi connectivity index (χ0v) is 8.16. The minimum Gasteiger partial charge on any atom is -0.320 e. The Morgan fingerprint density at radius 1 is 1.50 bits per heavy atom. The van der Waals surface area contributed by atoms with Crippen molar-refractivity contribution in [1.82, 2.24) is 5.48 Å². The van der Waals surface area contributed by atoms with E-state index < -0.39 is 11.9 Å². The maximum atomic E-state index is 10.9. The number of nitrogens with two attached hydrogens (primary N) is 1. The van der Waals surface area contributed by atoms with Crippen LogP contribution < -0.4 is 11.2 Å². The van der Waals surface area contributed by atoms with Crippen LogP contribution in [0.4, 0.5) is 0 Å². The second-order valence-electron chi connectivity index (χ2n) is 2.91. The first-order valence-electron chi connectivity index (χ1n) is 4.07. The highest BCUT2D eigenvalue weighted by Crippen LogP contribution is 2.10. The number of carbonyl (C=O) groups is 1. The van der Waals surface area contributed by atoms with Crippen molar-refractivity contribution in [3.63, 3.8) is 0 Å². The van der Waals surface area contributed by atoms with Crippen molar-refractivity contribution in [3.8, 4) is 0 Å². The van der Waals surface area contributed by atoms with E-state index in [1.54, 1.807) is 24.3 Å². The minimum absolute atomic E-state index is 0.365. The number of hydrogen-bond acceptors (Lipinski definition) is 3. The molecular formula is C9H11ClN2O2. The molecule has 0 saturated heterocycles. The lowest BCUT2D eigenvalue weighted by Crippen LogP contribution is -2.40. The highest BCUT2D eigenvalue weighted by molar-refractivity contribution is 6.30. The Kier molecular flexibility index (Phi) is 3.88. The van der Waals surface area contributed by atoms with Gasteiger partial charge in [0.25, 0.3) is 5.91 Å². The Morgan fingerprint density at radius 3 is 2.57 bits per heavy atom. The van der Waals surface area contributed by atoms with Gasteiger partial charge in [-0.15, -0.1) is 0 Å². The molecule has 1 aromatic carbocycles. The van der Waals surface area contributed by atoms with E-state index in [1.807, 2.05) is 0 Å². The molecule has 4 N–H and O–H groups in total. The van der Waals surface area contributed by atoms with Crippen LogP contribution in [0.15, 0.2) is 24.3 Å². The summed E-state index contributed by atoms with van der Waals surface area (Å²) >= 11 is 5.69. The van der Waals surface area contributed by atoms with E-state index in [1.165, 1.54) is 5.48 Å². The van der Waals surface area contributed by atoms with Crippen molar-refractivity contribution in [2.45, 2.75) is 12.5 Å². The molecule has 1 amide bonds. The summed E-state index contributed by atoms with van der Waals surface area (Å²) in [6.07, 6.45) is 0.365. The van der Waals surface area contributed by atoms with Crippen LogP contribution in [0, 0.1) is 0 Å². The molecule has 0 unspecified atom stereocenters. The third-order valence-electron chi connectivity index (χ3n) is 1.82. The maximum Gasteiger partial charge on any atom is 0.260 e. The Hall–Kier alpha value is -1.10. The van der Waals surface area contributed by atoms with Crippen molar-refractivity contribution in [2.24, 2.45) is 5.73 Å². The highest BCUT2D eigenvalue weighted by atomic mass is 35.5. The summed E-state index contributed by atoms with van der Waals surface area (Å²) in [5.74, 6) is -0.597. The molecule has 76 valence electrons. The lowest BCUT2D eigenvalue weighted by molar-refractivity contribution is -0.130. The third-order valence-corrected chi connectivity index (χ3v) is 2.07. The summed E-state index contributed by atoms with van der Waals surface area (Å²) in [5.41, 5.74) is 7.89. The third kappa shape index (κ3) is 2.99. The molecule has 4 nitrogen and oxygen atoms in total. The lowest BCUT2D eigenvalue weighted by atomic mass is 10.1. The average Bonchev–Trinajstić information content (AvgIpc) is 2.20. The van der Waals surface area contributed by atoms with Crippen molar-refractivity contribution in [1.29, 1.82) is 0 Å². The zero-order valence-electron chi connectivity index (χ0n) is 7.40. The summed E-state index contributed by atoms with van der Waals surface area (Å²) in [7, 11) is 0. The van der Waals surface area contributed by atoms with Gasteiger partial charge in [0, 0.05) is 5.02 Å². The first-order chi connectivity index (χ1) is 6.63. The maximum absolute atomic E-state index is 10.9. The largest absolute Gasteiger partial charge is 0.320 e. The van der Waals surface area contributed by atoms with Crippen LogP contribution in [0.1, 0.15) is 5.56 Å². The van der Waals surface area contributed by atoms with Crippen LogP contribution in [0.2, 0.25) is 5.02 Å². The van der Waals surface area contributed by atoms with Gasteiger partial charge in [-0.3, -0.25) is 10.0 Å². The Bertz CT molecular complexity index is 313. The van der Waals surface area contributed by atoms with Gasteiger partial charge in [-0.25, -0.2) is 5.48 Å². The zero-order chi connectivity index (χ0) is 10.6. The van der Waals surface area contributed by atoms with E-state index in [9.17, 15) is 4.79 Å². The number of halogens is 1. The topological polar surface area (TPSA) is 75.4 Å². The normalized spacial score (nSPS) is 12.2. The van der Waals surface area contributed by atoms with Crippen molar-refractivity contribution in [2.75, 3.05) is 0 Å². The molecular weight excluding hydrogens is 204 g/mol. The molecule has 1 atom stereocenters. The highest BCUT2D eigenvalue weighted by Gasteiger charge is 2.12. The second kappa shape index (κ2) is 4.95. The molecule has 0 fully saturated rings. The van der Waals surface area contributed by atoms with Crippen LogP contribution in [0.25, 0.3) is 0 Å². The number of amides is 1. The van der Waals surface area contributed by atoms with E-state index in [2.05, 4.69) is 0 Å². The van der Waals surface area contributed by atoms with Crippen LogP contribution >= 0.6 is 11.6 Å². The molecule has 1 rings (SSSR count). The fourth-order valence-corrected chi connectivity index (χ4v) is 1.18. The van der Waals surface area contributed by atoms with Crippen LogP contribution in [-0.2, 0) is 11.2 Å². The van der Waals surface area contributed by atoms with Gasteiger partial charge in [-0.05, 0) is 24.1 Å². The van der Waals surface area contributed by atoms with Gasteiger partial charge in [-0.2, -0.15) is 0 Å². The average molecular weight is 215 g/mol. The molecule has 5 heteroatoms. The number of benzene rings is 1. The van der Waals surface area contributed by atoms with E-state index in [4.69, 9.17) is 22.5 Å². The quantitative estimate of drug-likeness (QED) is 0.513. The van der Waals surface area contributed by atoms with E-state index in [0.29, 0.717) is 11.4 Å². The Morgan fingerprint density at radius 2 is 2.07 bits per heavy atom. The molecule has 0 bridgehead atoms. The Balaban J connectivity index is 2.60. The first kappa shape index (κ1) is 11.0. The fraction of sp³-hybridized carbons (Fsp3) is 0.222. The molecule has 0 aliphatic carbocycles. The molecule has 0 aliphatic heterocycles. The fourth-order valence-electron chi connectivity index (χ4n) is 1.05. The molecule has 0 saturated carbocycles. The van der Waals surface area contributed by atoms with Gasteiger partial charge < -0.3 is 5.73 Å². The van der Waals surface area contributed by atoms with Gasteiger partial charge in [0.2, 0.25) is 0 Å². The molecule has 0 heterocycles. The van der Waals surface area contributed by atoms with Crippen LogP contribution in [0.3, 0.4) is 0 Å². The summed E-state index contributed by atoms with van der Waals surface area (Å²) in [5, 5.41) is 8.96. The lowest BCUT2D eigenvalue weighted by Gasteiger charge is -2.08. The monoisotopic (exact) mass is 214 g/mol. The van der Waals surface area contributed by atoms with Gasteiger partial charge in [0.05, 0.1) is 6.04 Å². The SMILES string of the molecule is N[C@@H](Cc1ccc(Cl)cc1)C(=O)NO. The van der Waals surface area contributed by atoms with Crippen molar-refractivity contribution < 1.29 is 10.0 Å². The van der Waals surface area contributed by atoms with Gasteiger partial charge in [0.15, 0.2) is 0 Å².